The molecule has 2 bridgehead atoms. The van der Waals surface area contributed by atoms with Crippen LogP contribution in [0.4, 0.5) is 5.69 Å². The van der Waals surface area contributed by atoms with Crippen molar-refractivity contribution >= 4 is 17.5 Å². The number of rotatable bonds is 12. The van der Waals surface area contributed by atoms with Crippen LogP contribution in [0.1, 0.15) is 69.3 Å². The van der Waals surface area contributed by atoms with Gasteiger partial charge in [-0.15, -0.1) is 0 Å². The van der Waals surface area contributed by atoms with Gasteiger partial charge in [-0.3, -0.25) is 14.4 Å². The highest BCUT2D eigenvalue weighted by molar-refractivity contribution is 5.97. The number of amides is 2. The molecule has 11 heteroatoms. The van der Waals surface area contributed by atoms with Crippen molar-refractivity contribution < 1.29 is 34.1 Å². The van der Waals surface area contributed by atoms with Crippen LogP contribution < -0.4 is 20.3 Å². The summed E-state index contributed by atoms with van der Waals surface area (Å²) >= 11 is 0. The number of hydrogen-bond donors (Lipinski definition) is 4. The van der Waals surface area contributed by atoms with Gasteiger partial charge < -0.3 is 35.2 Å². The van der Waals surface area contributed by atoms with Gasteiger partial charge in [-0.2, -0.15) is 5.06 Å². The van der Waals surface area contributed by atoms with E-state index >= 15 is 0 Å². The fraction of sp³-hybridized carbons (Fsp3) is 0.641. The van der Waals surface area contributed by atoms with Crippen LogP contribution in [0.25, 0.3) is 11.1 Å². The van der Waals surface area contributed by atoms with Crippen molar-refractivity contribution in [3.63, 3.8) is 0 Å². The summed E-state index contributed by atoms with van der Waals surface area (Å²) in [5.74, 6) is 1.06. The molecule has 2 amide bonds. The quantitative estimate of drug-likeness (QED) is 0.261. The Kier molecular flexibility index (Phi) is 10.8. The summed E-state index contributed by atoms with van der Waals surface area (Å²) < 4.78 is 11.7. The van der Waals surface area contributed by atoms with Gasteiger partial charge in [-0.05, 0) is 79.5 Å². The van der Waals surface area contributed by atoms with E-state index in [1.54, 1.807) is 19.1 Å². The van der Waals surface area contributed by atoms with E-state index in [2.05, 4.69) is 31.4 Å². The lowest BCUT2D eigenvalue weighted by atomic mass is 9.45. The van der Waals surface area contributed by atoms with E-state index in [0.717, 1.165) is 48.2 Å². The third kappa shape index (κ3) is 6.99. The van der Waals surface area contributed by atoms with Gasteiger partial charge in [0.05, 0.1) is 32.5 Å². The summed E-state index contributed by atoms with van der Waals surface area (Å²) in [6.07, 6.45) is 2.48. The van der Waals surface area contributed by atoms with Crippen molar-refractivity contribution in [3.05, 3.63) is 47.5 Å². The van der Waals surface area contributed by atoms with Crippen LogP contribution in [0.5, 0.6) is 5.75 Å². The highest BCUT2D eigenvalue weighted by atomic mass is 16.7. The maximum Gasteiger partial charge on any atom is 0.251 e. The van der Waals surface area contributed by atoms with Crippen molar-refractivity contribution in [2.24, 2.45) is 29.1 Å². The normalized spacial score (nSPS) is 30.7. The van der Waals surface area contributed by atoms with Gasteiger partial charge in [-0.25, -0.2) is 0 Å². The Labute approximate surface area is 296 Å². The largest absolute Gasteiger partial charge is 0.496 e. The Morgan fingerprint density at radius 1 is 1.18 bits per heavy atom. The molecule has 0 radical (unpaired) electrons. The first-order chi connectivity index (χ1) is 23.8. The van der Waals surface area contributed by atoms with Crippen LogP contribution in [0, 0.1) is 29.1 Å². The number of hydroxylamine groups is 2. The number of carbonyl (C=O) groups excluding carboxylic acids is 2. The molecule has 3 saturated carbocycles. The molecule has 4 N–H and O–H groups in total. The molecule has 9 atom stereocenters. The Hall–Kier alpha value is -3.22. The van der Waals surface area contributed by atoms with E-state index in [0.29, 0.717) is 35.6 Å². The van der Waals surface area contributed by atoms with Gasteiger partial charge >= 0.3 is 0 Å². The zero-order chi connectivity index (χ0) is 35.9. The molecule has 5 aliphatic rings. The van der Waals surface area contributed by atoms with Gasteiger partial charge in [0, 0.05) is 61.6 Å². The smallest absolute Gasteiger partial charge is 0.251 e. The lowest BCUT2D eigenvalue weighted by Gasteiger charge is -2.62. The maximum atomic E-state index is 14.2. The molecular formula is C39H56N4O7. The van der Waals surface area contributed by atoms with E-state index in [9.17, 15) is 19.8 Å². The third-order valence-corrected chi connectivity index (χ3v) is 12.2. The van der Waals surface area contributed by atoms with Crippen LogP contribution in [0.3, 0.4) is 0 Å². The van der Waals surface area contributed by atoms with Crippen molar-refractivity contribution in [1.29, 1.82) is 0 Å². The number of aliphatic hydroxyl groups excluding tert-OH is 2. The Bertz CT molecular complexity index is 1540. The van der Waals surface area contributed by atoms with Gasteiger partial charge in [0.15, 0.2) is 0 Å². The Balaban J connectivity index is 1.27. The number of benzene rings is 2. The predicted octanol–water partition coefficient (Wildman–Crippen LogP) is 4.00. The molecule has 2 aromatic carbocycles. The van der Waals surface area contributed by atoms with Gasteiger partial charge in [-0.1, -0.05) is 39.0 Å². The molecule has 0 aromatic heterocycles. The number of fused-ring (bicyclic) bond motifs is 2. The van der Waals surface area contributed by atoms with Crippen molar-refractivity contribution in [3.8, 4) is 16.9 Å². The minimum absolute atomic E-state index is 0.0358. The van der Waals surface area contributed by atoms with Crippen LogP contribution in [-0.2, 0) is 20.9 Å². The SMILES string of the molecule is COc1c(CN2O[C@@H](CO)[C@H]([C@H](C)O)[C@H]2C(=O)N[C@H]2C[C@H]3C[C@H]([C@@H]2C)C3(C)C)cccc1-c1cc(C(=O)NC[C@H]2CCCO2)cc(N(C)C)c1. The summed E-state index contributed by atoms with van der Waals surface area (Å²) in [6, 6.07) is 10.8. The maximum absolute atomic E-state index is 14.2. The highest BCUT2D eigenvalue weighted by Gasteiger charge is 2.57. The van der Waals surface area contributed by atoms with E-state index in [1.165, 1.54) is 6.42 Å². The molecule has 5 fully saturated rings. The molecule has 0 unspecified atom stereocenters. The fourth-order valence-electron chi connectivity index (χ4n) is 9.10. The van der Waals surface area contributed by atoms with E-state index < -0.39 is 24.2 Å². The molecule has 274 valence electrons. The zero-order valence-corrected chi connectivity index (χ0v) is 30.6. The second-order valence-electron chi connectivity index (χ2n) is 15.7. The molecule has 11 nitrogen and oxygen atoms in total. The Morgan fingerprint density at radius 2 is 1.96 bits per heavy atom. The number of anilines is 1. The number of nitrogens with zero attached hydrogens (tertiary/aromatic N) is 2. The number of methoxy groups -OCH3 is 1. The molecule has 7 rings (SSSR count). The number of carbonyl (C=O) groups is 2. The fourth-order valence-corrected chi connectivity index (χ4v) is 9.10. The topological polar surface area (TPSA) is 133 Å². The average Bonchev–Trinajstić information content (AvgIpc) is 3.75. The van der Waals surface area contributed by atoms with Gasteiger partial charge in [0.25, 0.3) is 5.91 Å². The number of para-hydroxylation sites is 1. The summed E-state index contributed by atoms with van der Waals surface area (Å²) in [6.45, 7) is 9.59. The molecule has 2 heterocycles. The minimum Gasteiger partial charge on any atom is -0.496 e. The van der Waals surface area contributed by atoms with Crippen molar-refractivity contribution in [1.82, 2.24) is 15.7 Å². The summed E-state index contributed by atoms with van der Waals surface area (Å²) in [5.41, 5.74) is 4.03. The average molecular weight is 693 g/mol. The number of ether oxygens (including phenoxy) is 2. The lowest BCUT2D eigenvalue weighted by Crippen LogP contribution is -2.62. The first-order valence-electron chi connectivity index (χ1n) is 18.2. The lowest BCUT2D eigenvalue weighted by molar-refractivity contribution is -0.183. The summed E-state index contributed by atoms with van der Waals surface area (Å²) in [4.78, 5) is 35.8. The minimum atomic E-state index is -0.893. The molecule has 2 aromatic rings. The molecule has 0 spiro atoms. The van der Waals surface area contributed by atoms with E-state index in [-0.39, 0.29) is 42.5 Å². The number of hydrogen-bond acceptors (Lipinski definition) is 9. The molecule has 2 aliphatic heterocycles. The van der Waals surface area contributed by atoms with Crippen LogP contribution in [0.15, 0.2) is 36.4 Å². The molecule has 3 aliphatic carbocycles. The monoisotopic (exact) mass is 692 g/mol. The number of nitrogens with one attached hydrogen (secondary N) is 2. The predicted molar refractivity (Wildman–Crippen MR) is 192 cm³/mol. The van der Waals surface area contributed by atoms with Gasteiger partial charge in [0.2, 0.25) is 5.91 Å². The molecular weight excluding hydrogens is 636 g/mol. The van der Waals surface area contributed by atoms with E-state index in [1.807, 2.05) is 55.4 Å². The summed E-state index contributed by atoms with van der Waals surface area (Å²) in [7, 11) is 5.48. The van der Waals surface area contributed by atoms with Gasteiger partial charge in [0.1, 0.15) is 17.9 Å². The first-order valence-corrected chi connectivity index (χ1v) is 18.2. The summed E-state index contributed by atoms with van der Waals surface area (Å²) in [5, 5.41) is 29.2. The molecule has 2 saturated heterocycles. The third-order valence-electron chi connectivity index (χ3n) is 12.2. The van der Waals surface area contributed by atoms with Crippen LogP contribution in [-0.4, -0.2) is 98.4 Å². The first kappa shape index (κ1) is 36.6. The van der Waals surface area contributed by atoms with Crippen molar-refractivity contribution in [2.75, 3.05) is 45.9 Å². The second kappa shape index (κ2) is 14.8. The molecule has 50 heavy (non-hydrogen) atoms. The second-order valence-corrected chi connectivity index (χ2v) is 15.7. The standard InChI is InChI=1S/C39H56N4O7/c1-22-31-17-27(39(31,3)4)18-32(22)41-38(47)35-34(23(2)45)33(21-44)50-43(35)20-24-10-8-12-30(36(24)48-7)25-14-26(16-28(15-25)42(5)6)37(46)40-19-29-11-9-13-49-29/h8,10,12,14-16,22-23,27,29,31-35,44-45H,9,11,13,17-21H2,1-7H3,(H,40,46)(H,41,47)/t22-,23-,27+,29+,31+,32-,33-,34-,35-/m0/s1. The van der Waals surface area contributed by atoms with Crippen LogP contribution in [0.2, 0.25) is 0 Å². The van der Waals surface area contributed by atoms with E-state index in [4.69, 9.17) is 14.3 Å². The number of aliphatic hydroxyl groups is 2. The van der Waals surface area contributed by atoms with Crippen molar-refractivity contribution in [2.45, 2.75) is 90.3 Å². The zero-order valence-electron chi connectivity index (χ0n) is 30.6. The van der Waals surface area contributed by atoms with Crippen LogP contribution >= 0.6 is 0 Å². The Morgan fingerprint density at radius 3 is 2.58 bits per heavy atom. The highest BCUT2D eigenvalue weighted by Crippen LogP contribution is 2.61.